The van der Waals surface area contributed by atoms with Gasteiger partial charge in [0.25, 0.3) is 0 Å². The Labute approximate surface area is 144 Å². The number of aryl methyl sites for hydroxylation is 1. The lowest BCUT2D eigenvalue weighted by Gasteiger charge is -2.21. The van der Waals surface area contributed by atoms with E-state index in [1.807, 2.05) is 31.2 Å². The van der Waals surface area contributed by atoms with Gasteiger partial charge in [-0.2, -0.15) is 0 Å². The highest BCUT2D eigenvalue weighted by atomic mass is 32.1. The molecule has 0 aliphatic heterocycles. The van der Waals surface area contributed by atoms with Crippen molar-refractivity contribution in [1.29, 1.82) is 0 Å². The van der Waals surface area contributed by atoms with Crippen molar-refractivity contribution in [3.63, 3.8) is 0 Å². The van der Waals surface area contributed by atoms with Crippen LogP contribution < -0.4 is 15.4 Å². The standard InChI is InChI=1S/C19H24N2OS/c1-4-18(17-9-7-6-8-14(17)3)21-19(23)20-15-10-12-16(13-11-15)22-5-2/h6-13,18H,4-5H2,1-3H3,(H2,20,21,23). The highest BCUT2D eigenvalue weighted by molar-refractivity contribution is 7.80. The molecule has 0 aromatic heterocycles. The molecular formula is C19H24N2OS. The van der Waals surface area contributed by atoms with Crippen LogP contribution in [0.3, 0.4) is 0 Å². The Hall–Kier alpha value is -2.07. The summed E-state index contributed by atoms with van der Waals surface area (Å²) < 4.78 is 5.44. The van der Waals surface area contributed by atoms with Gasteiger partial charge >= 0.3 is 0 Å². The number of thiocarbonyl (C=S) groups is 1. The molecule has 2 aromatic carbocycles. The fourth-order valence-corrected chi connectivity index (χ4v) is 2.76. The second-order valence-corrected chi connectivity index (χ2v) is 5.78. The highest BCUT2D eigenvalue weighted by Gasteiger charge is 2.12. The SMILES string of the molecule is CCOc1ccc(NC(=S)NC(CC)c2ccccc2C)cc1. The number of hydrogen-bond acceptors (Lipinski definition) is 2. The van der Waals surface area contributed by atoms with Crippen molar-refractivity contribution in [3.8, 4) is 5.75 Å². The second-order valence-electron chi connectivity index (χ2n) is 5.37. The van der Waals surface area contributed by atoms with Crippen LogP contribution >= 0.6 is 12.2 Å². The van der Waals surface area contributed by atoms with Crippen molar-refractivity contribution in [2.45, 2.75) is 33.2 Å². The van der Waals surface area contributed by atoms with Crippen LogP contribution in [0, 0.1) is 6.92 Å². The number of anilines is 1. The van der Waals surface area contributed by atoms with Crippen molar-refractivity contribution in [2.24, 2.45) is 0 Å². The average molecular weight is 328 g/mol. The van der Waals surface area contributed by atoms with Gasteiger partial charge in [0.1, 0.15) is 5.75 Å². The molecule has 4 heteroatoms. The summed E-state index contributed by atoms with van der Waals surface area (Å²) in [6, 6.07) is 16.4. The van der Waals surface area contributed by atoms with Crippen LogP contribution in [0.1, 0.15) is 37.4 Å². The zero-order valence-corrected chi connectivity index (χ0v) is 14.7. The lowest BCUT2D eigenvalue weighted by atomic mass is 10.00. The monoisotopic (exact) mass is 328 g/mol. The molecule has 0 heterocycles. The molecule has 2 N–H and O–H groups in total. The van der Waals surface area contributed by atoms with Crippen molar-refractivity contribution < 1.29 is 4.74 Å². The Morgan fingerprint density at radius 1 is 1.09 bits per heavy atom. The van der Waals surface area contributed by atoms with Gasteiger partial charge in [0.05, 0.1) is 12.6 Å². The van der Waals surface area contributed by atoms with Crippen molar-refractivity contribution in [2.75, 3.05) is 11.9 Å². The summed E-state index contributed by atoms with van der Waals surface area (Å²) in [5.41, 5.74) is 3.51. The molecule has 0 saturated heterocycles. The Kier molecular flexibility index (Phi) is 6.41. The molecule has 0 amide bonds. The summed E-state index contributed by atoms with van der Waals surface area (Å²) >= 11 is 5.45. The lowest BCUT2D eigenvalue weighted by molar-refractivity contribution is 0.340. The zero-order valence-electron chi connectivity index (χ0n) is 13.9. The fourth-order valence-electron chi connectivity index (χ4n) is 2.50. The van der Waals surface area contributed by atoms with Gasteiger partial charge in [0.15, 0.2) is 5.11 Å². The first-order chi connectivity index (χ1) is 11.1. The van der Waals surface area contributed by atoms with E-state index in [2.05, 4.69) is 48.7 Å². The van der Waals surface area contributed by atoms with E-state index in [9.17, 15) is 0 Å². The minimum Gasteiger partial charge on any atom is -0.494 e. The van der Waals surface area contributed by atoms with Crippen LogP contribution in [0.5, 0.6) is 5.75 Å². The largest absolute Gasteiger partial charge is 0.494 e. The van der Waals surface area contributed by atoms with E-state index in [1.165, 1.54) is 11.1 Å². The third-order valence-electron chi connectivity index (χ3n) is 3.70. The molecule has 1 unspecified atom stereocenters. The lowest BCUT2D eigenvalue weighted by Crippen LogP contribution is -2.32. The van der Waals surface area contributed by atoms with E-state index >= 15 is 0 Å². The molecule has 0 fully saturated rings. The average Bonchev–Trinajstić information content (AvgIpc) is 2.55. The molecule has 122 valence electrons. The van der Waals surface area contributed by atoms with Gasteiger partial charge in [0.2, 0.25) is 0 Å². The van der Waals surface area contributed by atoms with Gasteiger partial charge in [-0.1, -0.05) is 31.2 Å². The quantitative estimate of drug-likeness (QED) is 0.744. The summed E-state index contributed by atoms with van der Waals surface area (Å²) in [5.74, 6) is 0.864. The van der Waals surface area contributed by atoms with Crippen LogP contribution in [0.25, 0.3) is 0 Å². The molecule has 0 aliphatic rings. The van der Waals surface area contributed by atoms with Gasteiger partial charge in [-0.05, 0) is 67.9 Å². The van der Waals surface area contributed by atoms with Crippen LogP contribution in [0.2, 0.25) is 0 Å². The van der Waals surface area contributed by atoms with E-state index in [1.54, 1.807) is 0 Å². The molecule has 3 nitrogen and oxygen atoms in total. The van der Waals surface area contributed by atoms with Crippen LogP contribution in [0.15, 0.2) is 48.5 Å². The summed E-state index contributed by atoms with van der Waals surface area (Å²) in [6.45, 7) is 6.93. The van der Waals surface area contributed by atoms with E-state index < -0.39 is 0 Å². The molecule has 0 spiro atoms. The maximum Gasteiger partial charge on any atom is 0.171 e. The summed E-state index contributed by atoms with van der Waals surface area (Å²) in [7, 11) is 0. The number of rotatable bonds is 6. The van der Waals surface area contributed by atoms with Crippen LogP contribution in [0.4, 0.5) is 5.69 Å². The summed E-state index contributed by atoms with van der Waals surface area (Å²) in [4.78, 5) is 0. The Morgan fingerprint density at radius 3 is 2.39 bits per heavy atom. The van der Waals surface area contributed by atoms with Gasteiger partial charge in [-0.3, -0.25) is 0 Å². The van der Waals surface area contributed by atoms with E-state index in [0.29, 0.717) is 11.7 Å². The molecule has 0 saturated carbocycles. The molecule has 2 aromatic rings. The summed E-state index contributed by atoms with van der Waals surface area (Å²) in [5, 5.41) is 7.26. The molecule has 0 bridgehead atoms. The third kappa shape index (κ3) is 4.96. The summed E-state index contributed by atoms with van der Waals surface area (Å²) in [6.07, 6.45) is 0.968. The normalized spacial score (nSPS) is 11.6. The number of ether oxygens (including phenoxy) is 1. The topological polar surface area (TPSA) is 33.3 Å². The van der Waals surface area contributed by atoms with Crippen LogP contribution in [-0.4, -0.2) is 11.7 Å². The fraction of sp³-hybridized carbons (Fsp3) is 0.316. The Balaban J connectivity index is 1.99. The van der Waals surface area contributed by atoms with Crippen molar-refractivity contribution in [1.82, 2.24) is 5.32 Å². The van der Waals surface area contributed by atoms with E-state index in [4.69, 9.17) is 17.0 Å². The molecular weight excluding hydrogens is 304 g/mol. The van der Waals surface area contributed by atoms with E-state index in [0.717, 1.165) is 17.9 Å². The third-order valence-corrected chi connectivity index (χ3v) is 3.92. The van der Waals surface area contributed by atoms with E-state index in [-0.39, 0.29) is 6.04 Å². The molecule has 1 atom stereocenters. The first-order valence-electron chi connectivity index (χ1n) is 8.00. The minimum atomic E-state index is 0.207. The predicted molar refractivity (Wildman–Crippen MR) is 101 cm³/mol. The highest BCUT2D eigenvalue weighted by Crippen LogP contribution is 2.21. The molecule has 23 heavy (non-hydrogen) atoms. The smallest absolute Gasteiger partial charge is 0.171 e. The number of nitrogens with one attached hydrogen (secondary N) is 2. The number of hydrogen-bond donors (Lipinski definition) is 2. The maximum atomic E-state index is 5.45. The van der Waals surface area contributed by atoms with Crippen LogP contribution in [-0.2, 0) is 0 Å². The first kappa shape index (κ1) is 17.3. The maximum absolute atomic E-state index is 5.45. The predicted octanol–water partition coefficient (Wildman–Crippen LogP) is 4.83. The van der Waals surface area contributed by atoms with Crippen molar-refractivity contribution >= 4 is 23.0 Å². The Bertz CT molecular complexity index is 640. The van der Waals surface area contributed by atoms with Gasteiger partial charge < -0.3 is 15.4 Å². The van der Waals surface area contributed by atoms with Gasteiger partial charge in [-0.15, -0.1) is 0 Å². The number of benzene rings is 2. The minimum absolute atomic E-state index is 0.207. The zero-order chi connectivity index (χ0) is 16.7. The molecule has 2 rings (SSSR count). The first-order valence-corrected chi connectivity index (χ1v) is 8.40. The van der Waals surface area contributed by atoms with Gasteiger partial charge in [0, 0.05) is 5.69 Å². The van der Waals surface area contributed by atoms with Gasteiger partial charge in [-0.25, -0.2) is 0 Å². The van der Waals surface area contributed by atoms with Crippen molar-refractivity contribution in [3.05, 3.63) is 59.7 Å². The second kappa shape index (κ2) is 8.53. The molecule has 0 aliphatic carbocycles. The Morgan fingerprint density at radius 2 is 1.78 bits per heavy atom. The molecule has 0 radical (unpaired) electrons.